The van der Waals surface area contributed by atoms with Gasteiger partial charge >= 0.3 is 0 Å². The van der Waals surface area contributed by atoms with Gasteiger partial charge < -0.3 is 14.8 Å². The van der Waals surface area contributed by atoms with Gasteiger partial charge in [-0.25, -0.2) is 0 Å². The van der Waals surface area contributed by atoms with E-state index in [1.807, 2.05) is 36.4 Å². The van der Waals surface area contributed by atoms with Crippen LogP contribution in [0, 0.1) is 5.92 Å². The smallest absolute Gasteiger partial charge is 0.234 e. The van der Waals surface area contributed by atoms with Crippen LogP contribution in [-0.2, 0) is 11.3 Å². The largest absolute Gasteiger partial charge is 0.486 e. The van der Waals surface area contributed by atoms with Crippen LogP contribution in [0.1, 0.15) is 28.8 Å². The van der Waals surface area contributed by atoms with Gasteiger partial charge in [0.15, 0.2) is 17.3 Å². The van der Waals surface area contributed by atoms with Crippen molar-refractivity contribution in [2.24, 2.45) is 5.92 Å². The van der Waals surface area contributed by atoms with Crippen molar-refractivity contribution in [3.8, 4) is 11.5 Å². The van der Waals surface area contributed by atoms with E-state index in [2.05, 4.69) is 10.2 Å². The molecule has 0 aromatic heterocycles. The van der Waals surface area contributed by atoms with E-state index < -0.39 is 0 Å². The summed E-state index contributed by atoms with van der Waals surface area (Å²) in [5, 5.41) is 3.62. The van der Waals surface area contributed by atoms with Gasteiger partial charge in [-0.05, 0) is 61.8 Å². The molecule has 2 aromatic carbocycles. The number of likely N-dealkylation sites (tertiary alicyclic amines) is 1. The van der Waals surface area contributed by atoms with Gasteiger partial charge in [-0.3, -0.25) is 14.5 Å². The van der Waals surface area contributed by atoms with Crippen molar-refractivity contribution in [3.05, 3.63) is 58.6 Å². The molecule has 0 aliphatic carbocycles. The lowest BCUT2D eigenvalue weighted by Crippen LogP contribution is -2.42. The molecule has 0 atom stereocenters. The van der Waals surface area contributed by atoms with E-state index >= 15 is 0 Å². The Balaban J connectivity index is 1.24. The summed E-state index contributed by atoms with van der Waals surface area (Å²) in [7, 11) is 0. The number of halogens is 1. The van der Waals surface area contributed by atoms with Crippen LogP contribution in [-0.4, -0.2) is 49.4 Å². The zero-order chi connectivity index (χ0) is 20.9. The fourth-order valence-electron chi connectivity index (χ4n) is 3.85. The zero-order valence-corrected chi connectivity index (χ0v) is 17.5. The average Bonchev–Trinajstić information content (AvgIpc) is 2.78. The molecule has 158 valence electrons. The third-order valence-corrected chi connectivity index (χ3v) is 5.81. The molecular weight excluding hydrogens is 404 g/mol. The maximum Gasteiger partial charge on any atom is 0.234 e. The molecule has 0 radical (unpaired) electrons. The SMILES string of the molecule is O=C(CN1CCC(C(=O)c2ccc3c(c2)OCCO3)CC1)NCc1ccc(Cl)cc1. The predicted octanol–water partition coefficient (Wildman–Crippen LogP) is 3.32. The molecule has 2 aliphatic rings. The summed E-state index contributed by atoms with van der Waals surface area (Å²) >= 11 is 5.88. The first-order chi connectivity index (χ1) is 14.6. The van der Waals surface area contributed by atoms with Crippen LogP contribution in [0.15, 0.2) is 42.5 Å². The molecule has 0 bridgehead atoms. The first-order valence-corrected chi connectivity index (χ1v) is 10.6. The van der Waals surface area contributed by atoms with Crippen molar-refractivity contribution in [2.75, 3.05) is 32.8 Å². The van der Waals surface area contributed by atoms with Gasteiger partial charge in [-0.2, -0.15) is 0 Å². The number of ketones is 1. The second-order valence-corrected chi connectivity index (χ2v) is 8.11. The lowest BCUT2D eigenvalue weighted by Gasteiger charge is -2.30. The Morgan fingerprint density at radius 3 is 2.43 bits per heavy atom. The summed E-state index contributed by atoms with van der Waals surface area (Å²) in [6.45, 7) is 3.33. The molecule has 1 N–H and O–H groups in total. The third-order valence-electron chi connectivity index (χ3n) is 5.56. The normalized spacial score (nSPS) is 16.8. The third kappa shape index (κ3) is 5.12. The van der Waals surface area contributed by atoms with E-state index in [1.165, 1.54) is 0 Å². The number of rotatable bonds is 6. The molecule has 4 rings (SSSR count). The van der Waals surface area contributed by atoms with Gasteiger partial charge in [0, 0.05) is 23.0 Å². The van der Waals surface area contributed by atoms with Crippen molar-refractivity contribution in [1.29, 1.82) is 0 Å². The molecule has 0 saturated carbocycles. The van der Waals surface area contributed by atoms with Gasteiger partial charge in [0.1, 0.15) is 13.2 Å². The van der Waals surface area contributed by atoms with Crippen LogP contribution in [0.5, 0.6) is 11.5 Å². The first-order valence-electron chi connectivity index (χ1n) is 10.3. The van der Waals surface area contributed by atoms with Crippen LogP contribution in [0.2, 0.25) is 5.02 Å². The molecule has 1 fully saturated rings. The number of carbonyl (C=O) groups excluding carboxylic acids is 2. The maximum absolute atomic E-state index is 12.9. The summed E-state index contributed by atoms with van der Waals surface area (Å²) in [4.78, 5) is 27.2. The van der Waals surface area contributed by atoms with Crippen LogP contribution < -0.4 is 14.8 Å². The highest BCUT2D eigenvalue weighted by molar-refractivity contribution is 6.30. The van der Waals surface area contributed by atoms with Gasteiger partial charge in [0.05, 0.1) is 6.54 Å². The number of ether oxygens (including phenoxy) is 2. The number of fused-ring (bicyclic) bond motifs is 1. The molecule has 1 amide bonds. The van der Waals surface area contributed by atoms with Crippen molar-refractivity contribution >= 4 is 23.3 Å². The summed E-state index contributed by atoms with van der Waals surface area (Å²) in [6.07, 6.45) is 1.50. The quantitative estimate of drug-likeness (QED) is 0.715. The second kappa shape index (κ2) is 9.49. The highest BCUT2D eigenvalue weighted by Gasteiger charge is 2.27. The zero-order valence-electron chi connectivity index (χ0n) is 16.7. The number of nitrogens with zero attached hydrogens (tertiary/aromatic N) is 1. The van der Waals surface area contributed by atoms with Crippen molar-refractivity contribution in [3.63, 3.8) is 0 Å². The number of benzene rings is 2. The molecule has 2 heterocycles. The van der Waals surface area contributed by atoms with Gasteiger partial charge in [-0.15, -0.1) is 0 Å². The van der Waals surface area contributed by atoms with Crippen LogP contribution >= 0.6 is 11.6 Å². The Morgan fingerprint density at radius 1 is 1.00 bits per heavy atom. The molecule has 2 aliphatic heterocycles. The van der Waals surface area contributed by atoms with Crippen molar-refractivity contribution in [2.45, 2.75) is 19.4 Å². The van der Waals surface area contributed by atoms with E-state index in [0.717, 1.165) is 31.5 Å². The van der Waals surface area contributed by atoms with Gasteiger partial charge in [-0.1, -0.05) is 23.7 Å². The molecule has 6 nitrogen and oxygen atoms in total. The molecular formula is C23H25ClN2O4. The van der Waals surface area contributed by atoms with E-state index in [1.54, 1.807) is 6.07 Å². The molecule has 2 aromatic rings. The maximum atomic E-state index is 12.9. The lowest BCUT2D eigenvalue weighted by atomic mass is 9.88. The molecule has 7 heteroatoms. The minimum absolute atomic E-state index is 0.0124. The minimum Gasteiger partial charge on any atom is -0.486 e. The Bertz CT molecular complexity index is 908. The number of hydrogen-bond acceptors (Lipinski definition) is 5. The predicted molar refractivity (Wildman–Crippen MR) is 114 cm³/mol. The molecule has 0 spiro atoms. The molecule has 1 saturated heterocycles. The molecule has 30 heavy (non-hydrogen) atoms. The fourth-order valence-corrected chi connectivity index (χ4v) is 3.97. The van der Waals surface area contributed by atoms with Crippen molar-refractivity contribution < 1.29 is 19.1 Å². The van der Waals surface area contributed by atoms with Crippen LogP contribution in [0.3, 0.4) is 0 Å². The summed E-state index contributed by atoms with van der Waals surface area (Å²) in [5.74, 6) is 1.43. The Labute approximate surface area is 181 Å². The molecule has 0 unspecified atom stereocenters. The first kappa shape index (κ1) is 20.7. The minimum atomic E-state index is -0.0269. The van der Waals surface area contributed by atoms with Crippen LogP contribution in [0.4, 0.5) is 0 Å². The number of carbonyl (C=O) groups is 2. The second-order valence-electron chi connectivity index (χ2n) is 7.68. The monoisotopic (exact) mass is 428 g/mol. The summed E-state index contributed by atoms with van der Waals surface area (Å²) in [5.41, 5.74) is 1.68. The number of amides is 1. The Morgan fingerprint density at radius 2 is 1.70 bits per heavy atom. The number of nitrogens with one attached hydrogen (secondary N) is 1. The Kier molecular flexibility index (Phi) is 6.55. The highest BCUT2D eigenvalue weighted by atomic mass is 35.5. The van der Waals surface area contributed by atoms with Gasteiger partial charge in [0.25, 0.3) is 0 Å². The van der Waals surface area contributed by atoms with E-state index in [4.69, 9.17) is 21.1 Å². The topological polar surface area (TPSA) is 67.9 Å². The van der Waals surface area contributed by atoms with E-state index in [-0.39, 0.29) is 17.6 Å². The van der Waals surface area contributed by atoms with Gasteiger partial charge in [0.2, 0.25) is 5.91 Å². The summed E-state index contributed by atoms with van der Waals surface area (Å²) in [6, 6.07) is 12.8. The van der Waals surface area contributed by atoms with E-state index in [0.29, 0.717) is 48.4 Å². The highest BCUT2D eigenvalue weighted by Crippen LogP contribution is 2.32. The fraction of sp³-hybridized carbons (Fsp3) is 0.391. The van der Waals surface area contributed by atoms with Crippen LogP contribution in [0.25, 0.3) is 0 Å². The summed E-state index contributed by atoms with van der Waals surface area (Å²) < 4.78 is 11.1. The number of piperidine rings is 1. The van der Waals surface area contributed by atoms with E-state index in [9.17, 15) is 9.59 Å². The average molecular weight is 429 g/mol. The number of hydrogen-bond donors (Lipinski definition) is 1. The Hall–Kier alpha value is -2.57. The lowest BCUT2D eigenvalue weighted by molar-refractivity contribution is -0.122. The van der Waals surface area contributed by atoms with Crippen molar-refractivity contribution in [1.82, 2.24) is 10.2 Å². The standard InChI is InChI=1S/C23H25ClN2O4/c24-19-4-1-16(2-5-19)14-25-22(27)15-26-9-7-17(8-10-26)23(28)18-3-6-20-21(13-18)30-12-11-29-20/h1-6,13,17H,7-12,14-15H2,(H,25,27). The number of Topliss-reactive ketones (excluding diaryl/α,β-unsaturated/α-hetero) is 1.